The minimum absolute atomic E-state index is 0.186. The number of rotatable bonds is 9. The molecule has 0 saturated carbocycles. The van der Waals surface area contributed by atoms with Gasteiger partial charge in [-0.05, 0) is 46.7 Å². The fraction of sp³-hybridized carbons (Fsp3) is 0.529. The van der Waals surface area contributed by atoms with Gasteiger partial charge < -0.3 is 16.0 Å². The van der Waals surface area contributed by atoms with Gasteiger partial charge in [0, 0.05) is 10.9 Å². The summed E-state index contributed by atoms with van der Waals surface area (Å²) in [5.41, 5.74) is 0.760. The SMILES string of the molecule is CCCCCCCC(=O)N[C@@H](NC(=S)Nc1ccccc1Br)C(Cl)(Cl)Cl. The smallest absolute Gasteiger partial charge is 0.228 e. The third-order valence-corrected chi connectivity index (χ3v) is 5.10. The van der Waals surface area contributed by atoms with Crippen LogP contribution >= 0.6 is 63.0 Å². The molecule has 1 aromatic rings. The molecule has 3 N–H and O–H groups in total. The number of hydrogen-bond donors (Lipinski definition) is 3. The van der Waals surface area contributed by atoms with E-state index in [9.17, 15) is 4.79 Å². The van der Waals surface area contributed by atoms with Gasteiger partial charge in [0.15, 0.2) is 5.11 Å². The van der Waals surface area contributed by atoms with Crippen LogP contribution in [0.2, 0.25) is 0 Å². The Hall–Kier alpha value is -0.270. The number of alkyl halides is 3. The molecular weight excluding hydrogens is 481 g/mol. The molecule has 26 heavy (non-hydrogen) atoms. The molecule has 0 heterocycles. The molecule has 0 aliphatic rings. The van der Waals surface area contributed by atoms with Crippen LogP contribution < -0.4 is 16.0 Å². The molecule has 0 unspecified atom stereocenters. The molecule has 146 valence electrons. The number of carbonyl (C=O) groups is 1. The van der Waals surface area contributed by atoms with Crippen LogP contribution in [0.25, 0.3) is 0 Å². The predicted octanol–water partition coefficient (Wildman–Crippen LogP) is 5.91. The quantitative estimate of drug-likeness (QED) is 0.170. The molecule has 9 heteroatoms. The fourth-order valence-electron chi connectivity index (χ4n) is 2.17. The van der Waals surface area contributed by atoms with E-state index in [4.69, 9.17) is 47.0 Å². The molecule has 0 spiro atoms. The lowest BCUT2D eigenvalue weighted by Crippen LogP contribution is -2.56. The Bertz CT molecular complexity index is 599. The first kappa shape index (κ1) is 23.8. The number of thiocarbonyl (C=S) groups is 1. The van der Waals surface area contributed by atoms with E-state index in [2.05, 4.69) is 38.8 Å². The minimum Gasteiger partial charge on any atom is -0.339 e. The maximum Gasteiger partial charge on any atom is 0.228 e. The maximum absolute atomic E-state index is 12.1. The molecule has 0 aliphatic heterocycles. The minimum atomic E-state index is -1.75. The molecule has 0 bridgehead atoms. The highest BCUT2D eigenvalue weighted by atomic mass is 79.9. The second-order valence-electron chi connectivity index (χ2n) is 5.78. The van der Waals surface area contributed by atoms with Crippen molar-refractivity contribution in [3.63, 3.8) is 0 Å². The van der Waals surface area contributed by atoms with Gasteiger partial charge in [0.2, 0.25) is 9.70 Å². The third-order valence-electron chi connectivity index (χ3n) is 3.54. The van der Waals surface area contributed by atoms with E-state index < -0.39 is 9.96 Å². The van der Waals surface area contributed by atoms with E-state index in [0.717, 1.165) is 35.8 Å². The molecule has 0 fully saturated rings. The van der Waals surface area contributed by atoms with Gasteiger partial charge in [0.25, 0.3) is 0 Å². The second kappa shape index (κ2) is 12.2. The van der Waals surface area contributed by atoms with Crippen molar-refractivity contribution in [1.82, 2.24) is 10.6 Å². The Labute approximate surface area is 183 Å². The highest BCUT2D eigenvalue weighted by Gasteiger charge is 2.34. The third kappa shape index (κ3) is 9.60. The summed E-state index contributed by atoms with van der Waals surface area (Å²) in [5.74, 6) is -0.186. The Balaban J connectivity index is 2.54. The summed E-state index contributed by atoms with van der Waals surface area (Å²) in [4.78, 5) is 12.1. The predicted molar refractivity (Wildman–Crippen MR) is 119 cm³/mol. The Morgan fingerprint density at radius 1 is 1.15 bits per heavy atom. The van der Waals surface area contributed by atoms with Gasteiger partial charge in [0.1, 0.15) is 6.17 Å². The van der Waals surface area contributed by atoms with Crippen molar-refractivity contribution in [2.24, 2.45) is 0 Å². The van der Waals surface area contributed by atoms with E-state index >= 15 is 0 Å². The van der Waals surface area contributed by atoms with Gasteiger partial charge in [-0.2, -0.15) is 0 Å². The van der Waals surface area contributed by atoms with Gasteiger partial charge in [-0.3, -0.25) is 4.79 Å². The van der Waals surface area contributed by atoms with E-state index in [-0.39, 0.29) is 11.0 Å². The van der Waals surface area contributed by atoms with Crippen molar-refractivity contribution in [3.05, 3.63) is 28.7 Å². The van der Waals surface area contributed by atoms with Gasteiger partial charge >= 0.3 is 0 Å². The molecule has 0 aliphatic carbocycles. The zero-order valence-corrected chi connectivity index (χ0v) is 19.1. The summed E-state index contributed by atoms with van der Waals surface area (Å²) >= 11 is 26.6. The Morgan fingerprint density at radius 2 is 1.81 bits per heavy atom. The van der Waals surface area contributed by atoms with Gasteiger partial charge in [0.05, 0.1) is 5.69 Å². The van der Waals surface area contributed by atoms with E-state index in [1.165, 1.54) is 6.42 Å². The number of unbranched alkanes of at least 4 members (excludes halogenated alkanes) is 4. The number of nitrogens with one attached hydrogen (secondary N) is 3. The number of anilines is 1. The molecule has 1 amide bonds. The summed E-state index contributed by atoms with van der Waals surface area (Å²) in [5, 5.41) is 8.77. The average Bonchev–Trinajstić information content (AvgIpc) is 2.55. The molecule has 0 radical (unpaired) electrons. The van der Waals surface area contributed by atoms with Gasteiger partial charge in [-0.1, -0.05) is 79.5 Å². The first-order valence-corrected chi connectivity index (χ1v) is 10.8. The molecule has 1 aromatic carbocycles. The Morgan fingerprint density at radius 3 is 2.42 bits per heavy atom. The van der Waals surface area contributed by atoms with Crippen molar-refractivity contribution < 1.29 is 4.79 Å². The molecule has 0 aromatic heterocycles. The number of amides is 1. The molecular formula is C17H23BrCl3N3OS. The van der Waals surface area contributed by atoms with Crippen LogP contribution in [0.4, 0.5) is 5.69 Å². The van der Waals surface area contributed by atoms with Gasteiger partial charge in [-0.25, -0.2) is 0 Å². The van der Waals surface area contributed by atoms with Crippen LogP contribution in [0, 0.1) is 0 Å². The zero-order chi connectivity index (χ0) is 19.6. The first-order chi connectivity index (χ1) is 12.2. The number of carbonyl (C=O) groups excluding carboxylic acids is 1. The van der Waals surface area contributed by atoms with Crippen LogP contribution in [0.5, 0.6) is 0 Å². The largest absolute Gasteiger partial charge is 0.339 e. The molecule has 4 nitrogen and oxygen atoms in total. The Kier molecular flexibility index (Phi) is 11.2. The number of para-hydroxylation sites is 1. The van der Waals surface area contributed by atoms with Crippen LogP contribution in [0.15, 0.2) is 28.7 Å². The lowest BCUT2D eigenvalue weighted by atomic mass is 10.1. The van der Waals surface area contributed by atoms with Crippen molar-refractivity contribution >= 4 is 79.7 Å². The van der Waals surface area contributed by atoms with Crippen LogP contribution in [-0.2, 0) is 4.79 Å². The molecule has 1 rings (SSSR count). The van der Waals surface area contributed by atoms with Crippen molar-refractivity contribution in [2.45, 2.75) is 55.4 Å². The summed E-state index contributed by atoms with van der Waals surface area (Å²) in [6, 6.07) is 7.47. The lowest BCUT2D eigenvalue weighted by Gasteiger charge is -2.28. The normalized spacial score (nSPS) is 12.3. The molecule has 0 saturated heterocycles. The van der Waals surface area contributed by atoms with Crippen LogP contribution in [0.3, 0.4) is 0 Å². The summed E-state index contributed by atoms with van der Waals surface area (Å²) < 4.78 is -0.914. The van der Waals surface area contributed by atoms with E-state index in [1.54, 1.807) is 0 Å². The highest BCUT2D eigenvalue weighted by molar-refractivity contribution is 9.10. The highest BCUT2D eigenvalue weighted by Crippen LogP contribution is 2.29. The number of hydrogen-bond acceptors (Lipinski definition) is 2. The fourth-order valence-corrected chi connectivity index (χ4v) is 3.11. The topological polar surface area (TPSA) is 53.2 Å². The summed E-state index contributed by atoms with van der Waals surface area (Å²) in [6.45, 7) is 2.15. The maximum atomic E-state index is 12.1. The van der Waals surface area contributed by atoms with Crippen molar-refractivity contribution in [2.75, 3.05) is 5.32 Å². The first-order valence-electron chi connectivity index (χ1n) is 8.42. The average molecular weight is 504 g/mol. The van der Waals surface area contributed by atoms with Crippen LogP contribution in [0.1, 0.15) is 45.4 Å². The van der Waals surface area contributed by atoms with Crippen molar-refractivity contribution in [1.29, 1.82) is 0 Å². The van der Waals surface area contributed by atoms with Gasteiger partial charge in [-0.15, -0.1) is 0 Å². The zero-order valence-electron chi connectivity index (χ0n) is 14.5. The number of halogens is 4. The summed E-state index contributed by atoms with van der Waals surface area (Å²) in [6.07, 6.45) is 4.71. The van der Waals surface area contributed by atoms with Crippen LogP contribution in [-0.4, -0.2) is 21.0 Å². The summed E-state index contributed by atoms with van der Waals surface area (Å²) in [7, 11) is 0. The van der Waals surface area contributed by atoms with E-state index in [0.29, 0.717) is 6.42 Å². The monoisotopic (exact) mass is 501 g/mol. The second-order valence-corrected chi connectivity index (χ2v) is 9.42. The van der Waals surface area contributed by atoms with E-state index in [1.807, 2.05) is 24.3 Å². The number of benzene rings is 1. The van der Waals surface area contributed by atoms with Crippen molar-refractivity contribution in [3.8, 4) is 0 Å². The molecule has 1 atom stereocenters. The standard InChI is InChI=1S/C17H23BrCl3N3OS/c1-2-3-4-5-6-11-14(25)23-15(17(19,20)21)24-16(26)22-13-10-8-7-9-12(13)18/h7-10,15H,2-6,11H2,1H3,(H,23,25)(H2,22,24,26)/t15-/m0/s1. The lowest BCUT2D eigenvalue weighted by molar-refractivity contribution is -0.122.